The van der Waals surface area contributed by atoms with Crippen molar-refractivity contribution in [2.24, 2.45) is 0 Å². The van der Waals surface area contributed by atoms with Gasteiger partial charge >= 0.3 is 5.97 Å². The second-order valence-electron chi connectivity index (χ2n) is 3.20. The van der Waals surface area contributed by atoms with E-state index in [0.717, 1.165) is 20.0 Å². The Bertz CT molecular complexity index is 528. The third-order valence-electron chi connectivity index (χ3n) is 2.03. The molecule has 1 aromatic heterocycles. The highest BCUT2D eigenvalue weighted by molar-refractivity contribution is 9.10. The van der Waals surface area contributed by atoms with E-state index in [4.69, 9.17) is 5.11 Å². The molecule has 0 spiro atoms. The smallest absolute Gasteiger partial charge is 0.336 e. The molecule has 0 radical (unpaired) electrons. The molecule has 2 aromatic rings. The lowest BCUT2D eigenvalue weighted by Crippen LogP contribution is -1.98. The maximum atomic E-state index is 11.1. The molecule has 6 heteroatoms. The zero-order valence-corrected chi connectivity index (χ0v) is 11.8. The van der Waals surface area contributed by atoms with Gasteiger partial charge in [0.2, 0.25) is 0 Å². The van der Waals surface area contributed by atoms with Crippen LogP contribution in [0.15, 0.2) is 39.3 Å². The fourth-order valence-corrected chi connectivity index (χ4v) is 3.49. The van der Waals surface area contributed by atoms with Gasteiger partial charge in [-0.2, -0.15) is 0 Å². The lowest BCUT2D eigenvalue weighted by atomic mass is 10.2. The van der Waals surface area contributed by atoms with Crippen LogP contribution in [0.5, 0.6) is 0 Å². The van der Waals surface area contributed by atoms with Gasteiger partial charge in [0.05, 0.1) is 11.1 Å². The predicted molar refractivity (Wildman–Crippen MR) is 72.8 cm³/mol. The number of halogens is 1. The molecule has 0 unspecified atom stereocenters. The van der Waals surface area contributed by atoms with Crippen molar-refractivity contribution in [3.05, 3.63) is 44.8 Å². The molecule has 0 amide bonds. The fraction of sp³-hybridized carbons (Fsp3) is 0.0909. The van der Waals surface area contributed by atoms with E-state index in [-0.39, 0.29) is 0 Å². The van der Waals surface area contributed by atoms with Crippen LogP contribution in [0.2, 0.25) is 0 Å². The number of carbonyl (C=O) groups is 1. The van der Waals surface area contributed by atoms with Gasteiger partial charge in [-0.25, -0.2) is 4.79 Å². The Kier molecular flexibility index (Phi) is 4.20. The van der Waals surface area contributed by atoms with Gasteiger partial charge in [-0.15, -0.1) is 23.1 Å². The van der Waals surface area contributed by atoms with E-state index < -0.39 is 5.97 Å². The van der Waals surface area contributed by atoms with Crippen molar-refractivity contribution in [1.82, 2.24) is 4.98 Å². The van der Waals surface area contributed by atoms with Gasteiger partial charge in [0.1, 0.15) is 0 Å². The summed E-state index contributed by atoms with van der Waals surface area (Å²) in [5, 5.41) is 9.08. The number of rotatable bonds is 4. The third kappa shape index (κ3) is 3.31. The number of aromatic nitrogens is 1. The van der Waals surface area contributed by atoms with Gasteiger partial charge < -0.3 is 5.11 Å². The molecule has 0 atom stereocenters. The van der Waals surface area contributed by atoms with Crippen LogP contribution >= 0.6 is 39.0 Å². The first kappa shape index (κ1) is 12.6. The maximum Gasteiger partial charge on any atom is 0.336 e. The minimum absolute atomic E-state index is 0.336. The molecule has 0 fully saturated rings. The van der Waals surface area contributed by atoms with Crippen LogP contribution in [0.3, 0.4) is 0 Å². The van der Waals surface area contributed by atoms with E-state index in [2.05, 4.69) is 20.9 Å². The average Bonchev–Trinajstić information content (AvgIpc) is 2.78. The molecule has 0 aliphatic carbocycles. The first-order chi connectivity index (χ1) is 8.16. The highest BCUT2D eigenvalue weighted by atomic mass is 79.9. The van der Waals surface area contributed by atoms with E-state index in [0.29, 0.717) is 5.56 Å². The van der Waals surface area contributed by atoms with E-state index >= 15 is 0 Å². The molecular formula is C11H8BrNO2S2. The first-order valence-electron chi connectivity index (χ1n) is 4.70. The maximum absolute atomic E-state index is 11.1. The number of hydrogen-bond acceptors (Lipinski definition) is 4. The van der Waals surface area contributed by atoms with Crippen molar-refractivity contribution in [2.45, 2.75) is 10.6 Å². The summed E-state index contributed by atoms with van der Waals surface area (Å²) in [5.74, 6) is -0.161. The third-order valence-corrected chi connectivity index (χ3v) is 4.59. The number of carboxylic acids is 1. The predicted octanol–water partition coefficient (Wildman–Crippen LogP) is 3.90. The molecule has 2 rings (SSSR count). The lowest BCUT2D eigenvalue weighted by molar-refractivity contribution is 0.0693. The summed E-state index contributed by atoms with van der Waals surface area (Å²) in [6.07, 6.45) is 1.80. The summed E-state index contributed by atoms with van der Waals surface area (Å²) in [7, 11) is 0. The molecular weight excluding hydrogens is 322 g/mol. The molecule has 1 N–H and O–H groups in total. The van der Waals surface area contributed by atoms with Crippen molar-refractivity contribution in [3.63, 3.8) is 0 Å². The molecule has 3 nitrogen and oxygen atoms in total. The Morgan fingerprint density at radius 2 is 2.35 bits per heavy atom. The Labute approximate surface area is 115 Å². The summed E-state index contributed by atoms with van der Waals surface area (Å²) in [6, 6.07) is 5.18. The Morgan fingerprint density at radius 3 is 3.00 bits per heavy atom. The summed E-state index contributed by atoms with van der Waals surface area (Å²) < 4.78 is 0.884. The number of carboxylic acid groups (broad SMARTS) is 1. The minimum atomic E-state index is -0.899. The molecule has 1 heterocycles. The van der Waals surface area contributed by atoms with Crippen molar-refractivity contribution in [3.8, 4) is 0 Å². The monoisotopic (exact) mass is 329 g/mol. The van der Waals surface area contributed by atoms with E-state index in [9.17, 15) is 4.79 Å². The molecule has 0 saturated carbocycles. The van der Waals surface area contributed by atoms with Gasteiger partial charge in [-0.05, 0) is 18.2 Å². The largest absolute Gasteiger partial charge is 0.478 e. The zero-order chi connectivity index (χ0) is 12.3. The van der Waals surface area contributed by atoms with Crippen molar-refractivity contribution in [1.29, 1.82) is 0 Å². The molecule has 17 heavy (non-hydrogen) atoms. The quantitative estimate of drug-likeness (QED) is 0.864. The zero-order valence-electron chi connectivity index (χ0n) is 8.59. The standard InChI is InChI=1S/C11H8BrNO2S2/c12-7-1-2-9(11(14)15)10(3-7)16-5-8-4-13-6-17-8/h1-4,6H,5H2,(H,14,15). The van der Waals surface area contributed by atoms with E-state index in [1.807, 2.05) is 6.07 Å². The summed E-state index contributed by atoms with van der Waals surface area (Å²) in [4.78, 5) is 16.9. The normalized spacial score (nSPS) is 10.4. The number of benzene rings is 1. The van der Waals surface area contributed by atoms with Crippen LogP contribution in [0.25, 0.3) is 0 Å². The summed E-state index contributed by atoms with van der Waals surface area (Å²) in [6.45, 7) is 0. The van der Waals surface area contributed by atoms with Crippen LogP contribution in [0.1, 0.15) is 15.2 Å². The van der Waals surface area contributed by atoms with Crippen molar-refractivity contribution >= 4 is 45.0 Å². The van der Waals surface area contributed by atoms with Gasteiger partial charge in [-0.3, -0.25) is 4.98 Å². The number of nitrogens with zero attached hydrogens (tertiary/aromatic N) is 1. The molecule has 0 aliphatic rings. The van der Waals surface area contributed by atoms with Crippen LogP contribution < -0.4 is 0 Å². The SMILES string of the molecule is O=C(O)c1ccc(Br)cc1SCc1cncs1. The average molecular weight is 330 g/mol. The molecule has 0 aliphatic heterocycles. The Balaban J connectivity index is 2.19. The van der Waals surface area contributed by atoms with Gasteiger partial charge in [-0.1, -0.05) is 15.9 Å². The molecule has 0 bridgehead atoms. The van der Waals surface area contributed by atoms with Crippen LogP contribution in [0.4, 0.5) is 0 Å². The Hall–Kier alpha value is -0.850. The van der Waals surface area contributed by atoms with E-state index in [1.54, 1.807) is 35.2 Å². The van der Waals surface area contributed by atoms with Gasteiger partial charge in [0.25, 0.3) is 0 Å². The van der Waals surface area contributed by atoms with Crippen molar-refractivity contribution < 1.29 is 9.90 Å². The topological polar surface area (TPSA) is 50.2 Å². The van der Waals surface area contributed by atoms with Crippen LogP contribution in [-0.4, -0.2) is 16.1 Å². The molecule has 1 aromatic carbocycles. The first-order valence-corrected chi connectivity index (χ1v) is 7.35. The van der Waals surface area contributed by atoms with E-state index in [1.165, 1.54) is 11.8 Å². The van der Waals surface area contributed by atoms with Crippen molar-refractivity contribution in [2.75, 3.05) is 0 Å². The molecule has 88 valence electrons. The Morgan fingerprint density at radius 1 is 1.53 bits per heavy atom. The second kappa shape index (κ2) is 5.66. The molecule has 0 saturated heterocycles. The number of hydrogen-bond donors (Lipinski definition) is 1. The number of thiazole rings is 1. The summed E-state index contributed by atoms with van der Waals surface area (Å²) >= 11 is 6.42. The highest BCUT2D eigenvalue weighted by Gasteiger charge is 2.11. The minimum Gasteiger partial charge on any atom is -0.478 e. The van der Waals surface area contributed by atoms with Crippen LogP contribution in [-0.2, 0) is 5.75 Å². The summed E-state index contributed by atoms with van der Waals surface area (Å²) in [5.41, 5.74) is 2.11. The number of aromatic carboxylic acids is 1. The van der Waals surface area contributed by atoms with Crippen LogP contribution in [0, 0.1) is 0 Å². The fourth-order valence-electron chi connectivity index (χ4n) is 1.25. The van der Waals surface area contributed by atoms with Gasteiger partial charge in [0.15, 0.2) is 0 Å². The second-order valence-corrected chi connectivity index (χ2v) is 6.11. The van der Waals surface area contributed by atoms with Gasteiger partial charge in [0, 0.05) is 26.2 Å². The number of thioether (sulfide) groups is 1. The highest BCUT2D eigenvalue weighted by Crippen LogP contribution is 2.30. The lowest BCUT2D eigenvalue weighted by Gasteiger charge is -2.05.